The van der Waals surface area contributed by atoms with E-state index in [1.165, 1.54) is 5.57 Å². The van der Waals surface area contributed by atoms with Gasteiger partial charge in [0.1, 0.15) is 0 Å². The van der Waals surface area contributed by atoms with E-state index in [9.17, 15) is 0 Å². The lowest BCUT2D eigenvalue weighted by Gasteiger charge is -2.00. The van der Waals surface area contributed by atoms with Gasteiger partial charge in [-0.2, -0.15) is 0 Å². The number of allylic oxidation sites excluding steroid dienone is 3. The molecule has 1 heteroatoms. The standard InChI is InChI=1S/C8H12O/c1-7-3-4-8(2)9-6-5-7/h3-4H,5-6H2,1-2H3. The Morgan fingerprint density at radius 1 is 1.33 bits per heavy atom. The molecule has 0 aliphatic carbocycles. The van der Waals surface area contributed by atoms with Crippen molar-refractivity contribution in [3.05, 3.63) is 23.5 Å². The van der Waals surface area contributed by atoms with Crippen molar-refractivity contribution in [2.45, 2.75) is 20.3 Å². The number of ether oxygens (including phenoxy) is 1. The monoisotopic (exact) mass is 124 g/mol. The van der Waals surface area contributed by atoms with Gasteiger partial charge in [-0.15, -0.1) is 0 Å². The predicted octanol–water partition coefficient (Wildman–Crippen LogP) is 2.26. The highest BCUT2D eigenvalue weighted by molar-refractivity contribution is 5.14. The molecule has 1 rings (SSSR count). The first kappa shape index (κ1) is 6.40. The summed E-state index contributed by atoms with van der Waals surface area (Å²) in [6, 6.07) is 0. The zero-order valence-electron chi connectivity index (χ0n) is 5.98. The Bertz CT molecular complexity index is 136. The van der Waals surface area contributed by atoms with Crippen molar-refractivity contribution < 1.29 is 4.74 Å². The molecule has 1 aliphatic rings. The first-order chi connectivity index (χ1) is 4.29. The fraction of sp³-hybridized carbons (Fsp3) is 0.500. The largest absolute Gasteiger partial charge is 0.498 e. The first-order valence-corrected chi connectivity index (χ1v) is 3.26. The highest BCUT2D eigenvalue weighted by Gasteiger charge is 1.95. The second-order valence-electron chi connectivity index (χ2n) is 2.39. The van der Waals surface area contributed by atoms with E-state index >= 15 is 0 Å². The average Bonchev–Trinajstić information content (AvgIpc) is 1.97. The molecule has 0 spiro atoms. The molecule has 0 saturated carbocycles. The maximum Gasteiger partial charge on any atom is 0.0928 e. The Kier molecular flexibility index (Phi) is 1.93. The Labute approximate surface area is 56.0 Å². The van der Waals surface area contributed by atoms with E-state index in [1.807, 2.05) is 13.0 Å². The van der Waals surface area contributed by atoms with Gasteiger partial charge >= 0.3 is 0 Å². The maximum absolute atomic E-state index is 5.28. The molecule has 0 bridgehead atoms. The minimum atomic E-state index is 0.838. The topological polar surface area (TPSA) is 9.23 Å². The Hall–Kier alpha value is -0.720. The van der Waals surface area contributed by atoms with Crippen LogP contribution in [0, 0.1) is 0 Å². The van der Waals surface area contributed by atoms with Gasteiger partial charge in [-0.25, -0.2) is 0 Å². The van der Waals surface area contributed by atoms with Gasteiger partial charge in [0.2, 0.25) is 0 Å². The molecule has 0 aromatic heterocycles. The molecule has 0 unspecified atom stereocenters. The lowest BCUT2D eigenvalue weighted by atomic mass is 10.2. The first-order valence-electron chi connectivity index (χ1n) is 3.26. The Balaban J connectivity index is 2.63. The molecule has 1 heterocycles. The van der Waals surface area contributed by atoms with Gasteiger partial charge in [0.05, 0.1) is 12.4 Å². The molecule has 0 radical (unpaired) electrons. The molecule has 0 aromatic rings. The van der Waals surface area contributed by atoms with Crippen molar-refractivity contribution in [3.63, 3.8) is 0 Å². The van der Waals surface area contributed by atoms with Crippen LogP contribution in [0.1, 0.15) is 20.3 Å². The molecular weight excluding hydrogens is 112 g/mol. The second-order valence-corrected chi connectivity index (χ2v) is 2.39. The van der Waals surface area contributed by atoms with Crippen LogP contribution in [0.15, 0.2) is 23.5 Å². The SMILES string of the molecule is CC1=CC=C(C)OCC1. The Morgan fingerprint density at radius 2 is 2.11 bits per heavy atom. The van der Waals surface area contributed by atoms with Gasteiger partial charge in [-0.3, -0.25) is 0 Å². The molecule has 0 aromatic carbocycles. The number of hydrogen-bond donors (Lipinski definition) is 0. The third kappa shape index (κ3) is 1.92. The van der Waals surface area contributed by atoms with Gasteiger partial charge in [0, 0.05) is 6.42 Å². The molecule has 50 valence electrons. The summed E-state index contributed by atoms with van der Waals surface area (Å²) >= 11 is 0. The predicted molar refractivity (Wildman–Crippen MR) is 38.1 cm³/mol. The van der Waals surface area contributed by atoms with E-state index in [0.717, 1.165) is 18.8 Å². The molecule has 0 N–H and O–H groups in total. The molecular formula is C8H12O. The van der Waals surface area contributed by atoms with Crippen LogP contribution in [0.2, 0.25) is 0 Å². The maximum atomic E-state index is 5.28. The molecule has 9 heavy (non-hydrogen) atoms. The molecule has 0 fully saturated rings. The quantitative estimate of drug-likeness (QED) is 0.481. The zero-order valence-corrected chi connectivity index (χ0v) is 5.98. The van der Waals surface area contributed by atoms with E-state index in [0.29, 0.717) is 0 Å². The summed E-state index contributed by atoms with van der Waals surface area (Å²) < 4.78 is 5.28. The molecule has 1 aliphatic heterocycles. The van der Waals surface area contributed by atoms with Crippen LogP contribution in [-0.4, -0.2) is 6.61 Å². The van der Waals surface area contributed by atoms with Gasteiger partial charge in [0.15, 0.2) is 0 Å². The van der Waals surface area contributed by atoms with Crippen molar-refractivity contribution in [1.29, 1.82) is 0 Å². The van der Waals surface area contributed by atoms with Crippen LogP contribution >= 0.6 is 0 Å². The summed E-state index contributed by atoms with van der Waals surface area (Å²) in [5.74, 6) is 1.02. The smallest absolute Gasteiger partial charge is 0.0928 e. The number of hydrogen-bond acceptors (Lipinski definition) is 1. The van der Waals surface area contributed by atoms with Crippen LogP contribution < -0.4 is 0 Å². The summed E-state index contributed by atoms with van der Waals surface area (Å²) in [6.45, 7) is 4.94. The average molecular weight is 124 g/mol. The van der Waals surface area contributed by atoms with Crippen LogP contribution in [0.3, 0.4) is 0 Å². The van der Waals surface area contributed by atoms with E-state index in [4.69, 9.17) is 4.74 Å². The summed E-state index contributed by atoms with van der Waals surface area (Å²) in [7, 11) is 0. The van der Waals surface area contributed by atoms with E-state index < -0.39 is 0 Å². The van der Waals surface area contributed by atoms with Gasteiger partial charge in [-0.05, 0) is 19.9 Å². The van der Waals surface area contributed by atoms with E-state index in [1.54, 1.807) is 0 Å². The van der Waals surface area contributed by atoms with Gasteiger partial charge < -0.3 is 4.74 Å². The van der Waals surface area contributed by atoms with E-state index in [2.05, 4.69) is 13.0 Å². The van der Waals surface area contributed by atoms with Crippen LogP contribution in [0.4, 0.5) is 0 Å². The van der Waals surface area contributed by atoms with Crippen molar-refractivity contribution >= 4 is 0 Å². The van der Waals surface area contributed by atoms with Crippen LogP contribution in [0.5, 0.6) is 0 Å². The minimum absolute atomic E-state index is 0.838. The van der Waals surface area contributed by atoms with Gasteiger partial charge in [-0.1, -0.05) is 11.6 Å². The third-order valence-electron chi connectivity index (χ3n) is 1.43. The third-order valence-corrected chi connectivity index (χ3v) is 1.43. The van der Waals surface area contributed by atoms with E-state index in [-0.39, 0.29) is 0 Å². The lowest BCUT2D eigenvalue weighted by molar-refractivity contribution is 0.220. The minimum Gasteiger partial charge on any atom is -0.498 e. The van der Waals surface area contributed by atoms with Crippen molar-refractivity contribution in [3.8, 4) is 0 Å². The van der Waals surface area contributed by atoms with Crippen LogP contribution in [0.25, 0.3) is 0 Å². The second kappa shape index (κ2) is 2.72. The Morgan fingerprint density at radius 3 is 2.89 bits per heavy atom. The highest BCUT2D eigenvalue weighted by atomic mass is 16.5. The number of rotatable bonds is 0. The van der Waals surface area contributed by atoms with Gasteiger partial charge in [0.25, 0.3) is 0 Å². The molecule has 0 saturated heterocycles. The van der Waals surface area contributed by atoms with Crippen molar-refractivity contribution in [2.75, 3.05) is 6.61 Å². The van der Waals surface area contributed by atoms with Crippen molar-refractivity contribution in [2.24, 2.45) is 0 Å². The fourth-order valence-electron chi connectivity index (χ4n) is 0.764. The van der Waals surface area contributed by atoms with Crippen LogP contribution in [-0.2, 0) is 4.74 Å². The van der Waals surface area contributed by atoms with Crippen molar-refractivity contribution in [1.82, 2.24) is 0 Å². The zero-order chi connectivity index (χ0) is 6.69. The normalized spacial score (nSPS) is 19.3. The molecule has 0 amide bonds. The summed E-state index contributed by atoms with van der Waals surface area (Å²) in [5.41, 5.74) is 1.40. The highest BCUT2D eigenvalue weighted by Crippen LogP contribution is 2.08. The molecule has 0 atom stereocenters. The lowest BCUT2D eigenvalue weighted by Crippen LogP contribution is -1.88. The summed E-state index contributed by atoms with van der Waals surface area (Å²) in [4.78, 5) is 0. The molecule has 1 nitrogen and oxygen atoms in total. The summed E-state index contributed by atoms with van der Waals surface area (Å²) in [6.07, 6.45) is 5.19. The fourth-order valence-corrected chi connectivity index (χ4v) is 0.764. The summed E-state index contributed by atoms with van der Waals surface area (Å²) in [5, 5.41) is 0.